The Balaban J connectivity index is 2.63. The predicted molar refractivity (Wildman–Crippen MR) is 57.5 cm³/mol. The summed E-state index contributed by atoms with van der Waals surface area (Å²) < 4.78 is 6.97. The third-order valence-corrected chi connectivity index (χ3v) is 2.14. The molecule has 0 saturated carbocycles. The van der Waals surface area contributed by atoms with E-state index < -0.39 is 0 Å². The number of nitriles is 1. The van der Waals surface area contributed by atoms with Crippen LogP contribution in [0.5, 0.6) is 0 Å². The Morgan fingerprint density at radius 3 is 2.93 bits per heavy atom. The van der Waals surface area contributed by atoms with Gasteiger partial charge in [0.25, 0.3) is 0 Å². The van der Waals surface area contributed by atoms with Crippen LogP contribution in [0.4, 0.5) is 5.95 Å². The van der Waals surface area contributed by atoms with Crippen molar-refractivity contribution in [2.24, 2.45) is 7.05 Å². The maximum atomic E-state index is 8.57. The summed E-state index contributed by atoms with van der Waals surface area (Å²) in [5.74, 6) is 0.877. The highest BCUT2D eigenvalue weighted by Gasteiger charge is 2.09. The minimum Gasteiger partial charge on any atom is -0.383 e. The SMILES string of the molecule is COCCN(CCC#N)c1nccn1C. The molecule has 0 radical (unpaired) electrons. The zero-order chi connectivity index (χ0) is 11.1. The van der Waals surface area contributed by atoms with Crippen molar-refractivity contribution in [1.29, 1.82) is 5.26 Å². The second kappa shape index (κ2) is 6.04. The van der Waals surface area contributed by atoms with E-state index in [1.54, 1.807) is 13.3 Å². The van der Waals surface area contributed by atoms with Gasteiger partial charge in [0.1, 0.15) is 0 Å². The molecule has 5 heteroatoms. The fourth-order valence-corrected chi connectivity index (χ4v) is 1.36. The summed E-state index contributed by atoms with van der Waals surface area (Å²) in [6, 6.07) is 2.14. The van der Waals surface area contributed by atoms with Crippen LogP contribution in [-0.4, -0.2) is 36.4 Å². The first-order valence-electron chi connectivity index (χ1n) is 4.87. The van der Waals surface area contributed by atoms with Gasteiger partial charge in [0.05, 0.1) is 19.1 Å². The van der Waals surface area contributed by atoms with Crippen molar-refractivity contribution < 1.29 is 4.74 Å². The minimum atomic E-state index is 0.497. The van der Waals surface area contributed by atoms with Crippen LogP contribution in [0.1, 0.15) is 6.42 Å². The van der Waals surface area contributed by atoms with Gasteiger partial charge in [-0.25, -0.2) is 4.98 Å². The van der Waals surface area contributed by atoms with Crippen LogP contribution in [0.2, 0.25) is 0 Å². The van der Waals surface area contributed by atoms with Crippen LogP contribution < -0.4 is 4.90 Å². The highest BCUT2D eigenvalue weighted by molar-refractivity contribution is 5.30. The van der Waals surface area contributed by atoms with E-state index in [1.165, 1.54) is 0 Å². The molecule has 5 nitrogen and oxygen atoms in total. The van der Waals surface area contributed by atoms with Crippen molar-refractivity contribution in [1.82, 2.24) is 9.55 Å². The summed E-state index contributed by atoms with van der Waals surface area (Å²) in [6.45, 7) is 2.08. The van der Waals surface area contributed by atoms with Crippen LogP contribution in [-0.2, 0) is 11.8 Å². The molecule has 15 heavy (non-hydrogen) atoms. The van der Waals surface area contributed by atoms with Gasteiger partial charge in [-0.05, 0) is 0 Å². The summed E-state index contributed by atoms with van der Waals surface area (Å²) in [6.07, 6.45) is 4.14. The smallest absolute Gasteiger partial charge is 0.205 e. The van der Waals surface area contributed by atoms with Gasteiger partial charge >= 0.3 is 0 Å². The monoisotopic (exact) mass is 208 g/mol. The van der Waals surface area contributed by atoms with E-state index in [0.29, 0.717) is 19.6 Å². The minimum absolute atomic E-state index is 0.497. The number of methoxy groups -OCH3 is 1. The molecule has 0 bridgehead atoms. The maximum absolute atomic E-state index is 8.57. The van der Waals surface area contributed by atoms with Crippen molar-refractivity contribution in [3.8, 4) is 6.07 Å². The summed E-state index contributed by atoms with van der Waals surface area (Å²) in [5, 5.41) is 8.57. The molecule has 0 unspecified atom stereocenters. The van der Waals surface area contributed by atoms with E-state index in [2.05, 4.69) is 11.1 Å². The molecule has 1 rings (SSSR count). The van der Waals surface area contributed by atoms with Crippen LogP contribution in [0, 0.1) is 11.3 Å². The van der Waals surface area contributed by atoms with E-state index in [9.17, 15) is 0 Å². The Labute approximate surface area is 89.9 Å². The molecule has 0 saturated heterocycles. The zero-order valence-electron chi connectivity index (χ0n) is 9.18. The molecule has 0 N–H and O–H groups in total. The Morgan fingerprint density at radius 2 is 2.40 bits per heavy atom. The quantitative estimate of drug-likeness (QED) is 0.693. The number of anilines is 1. The van der Waals surface area contributed by atoms with E-state index in [4.69, 9.17) is 10.00 Å². The van der Waals surface area contributed by atoms with Gasteiger partial charge in [-0.2, -0.15) is 5.26 Å². The first-order valence-corrected chi connectivity index (χ1v) is 4.87. The Bertz CT molecular complexity index is 328. The number of aromatic nitrogens is 2. The number of aryl methyl sites for hydroxylation is 1. The third-order valence-electron chi connectivity index (χ3n) is 2.14. The van der Waals surface area contributed by atoms with E-state index >= 15 is 0 Å². The predicted octanol–water partition coefficient (Wildman–Crippen LogP) is 0.787. The molecule has 82 valence electrons. The lowest BCUT2D eigenvalue weighted by Crippen LogP contribution is -2.30. The molecule has 1 aromatic heterocycles. The van der Waals surface area contributed by atoms with Gasteiger partial charge < -0.3 is 14.2 Å². The number of nitrogens with zero attached hydrogens (tertiary/aromatic N) is 4. The summed E-state index contributed by atoms with van der Waals surface area (Å²) in [7, 11) is 3.61. The Morgan fingerprint density at radius 1 is 1.60 bits per heavy atom. The number of rotatable bonds is 6. The second-order valence-corrected chi connectivity index (χ2v) is 3.23. The topological polar surface area (TPSA) is 54.1 Å². The van der Waals surface area contributed by atoms with Gasteiger partial charge in [-0.3, -0.25) is 0 Å². The highest BCUT2D eigenvalue weighted by atomic mass is 16.5. The van der Waals surface area contributed by atoms with Crippen molar-refractivity contribution in [2.75, 3.05) is 31.7 Å². The van der Waals surface area contributed by atoms with Crippen molar-refractivity contribution >= 4 is 5.95 Å². The van der Waals surface area contributed by atoms with Crippen LogP contribution in [0.15, 0.2) is 12.4 Å². The number of hydrogen-bond donors (Lipinski definition) is 0. The van der Waals surface area contributed by atoms with E-state index in [-0.39, 0.29) is 0 Å². The third kappa shape index (κ3) is 3.26. The highest BCUT2D eigenvalue weighted by Crippen LogP contribution is 2.09. The number of hydrogen-bond acceptors (Lipinski definition) is 4. The van der Waals surface area contributed by atoms with Crippen molar-refractivity contribution in [3.63, 3.8) is 0 Å². The molecule has 1 heterocycles. The molecule has 0 spiro atoms. The molecule has 0 fully saturated rings. The number of ether oxygens (including phenoxy) is 1. The fraction of sp³-hybridized carbons (Fsp3) is 0.600. The average molecular weight is 208 g/mol. The second-order valence-electron chi connectivity index (χ2n) is 3.23. The Hall–Kier alpha value is -1.54. The molecular formula is C10H16N4O. The van der Waals surface area contributed by atoms with Crippen molar-refractivity contribution in [2.45, 2.75) is 6.42 Å². The lowest BCUT2D eigenvalue weighted by molar-refractivity contribution is 0.205. The standard InChI is InChI=1S/C10H16N4O/c1-13-7-5-12-10(13)14(6-3-4-11)8-9-15-2/h5,7H,3,6,8-9H2,1-2H3. The van der Waals surface area contributed by atoms with Gasteiger partial charge in [0, 0.05) is 39.6 Å². The van der Waals surface area contributed by atoms with Crippen LogP contribution in [0.25, 0.3) is 0 Å². The maximum Gasteiger partial charge on any atom is 0.205 e. The summed E-state index contributed by atoms with van der Waals surface area (Å²) in [4.78, 5) is 6.29. The Kier molecular flexibility index (Phi) is 4.64. The molecule has 0 atom stereocenters. The zero-order valence-corrected chi connectivity index (χ0v) is 9.18. The summed E-state index contributed by atoms with van der Waals surface area (Å²) >= 11 is 0. The molecule has 0 aliphatic carbocycles. The first-order chi connectivity index (χ1) is 7.29. The van der Waals surface area contributed by atoms with E-state index in [1.807, 2.05) is 22.7 Å². The lowest BCUT2D eigenvalue weighted by atomic mass is 10.4. The molecule has 0 aliphatic rings. The molecular weight excluding hydrogens is 192 g/mol. The molecule has 0 aliphatic heterocycles. The summed E-state index contributed by atoms with van der Waals surface area (Å²) in [5.41, 5.74) is 0. The van der Waals surface area contributed by atoms with E-state index in [0.717, 1.165) is 12.5 Å². The molecule has 0 amide bonds. The molecule has 1 aromatic rings. The van der Waals surface area contributed by atoms with Gasteiger partial charge in [0.2, 0.25) is 5.95 Å². The lowest BCUT2D eigenvalue weighted by Gasteiger charge is -2.21. The molecule has 0 aromatic carbocycles. The first kappa shape index (κ1) is 11.5. The van der Waals surface area contributed by atoms with Gasteiger partial charge in [-0.1, -0.05) is 0 Å². The fourth-order valence-electron chi connectivity index (χ4n) is 1.36. The van der Waals surface area contributed by atoms with Crippen LogP contribution in [0.3, 0.4) is 0 Å². The van der Waals surface area contributed by atoms with Gasteiger partial charge in [-0.15, -0.1) is 0 Å². The number of imidazole rings is 1. The van der Waals surface area contributed by atoms with Crippen molar-refractivity contribution in [3.05, 3.63) is 12.4 Å². The largest absolute Gasteiger partial charge is 0.383 e. The average Bonchev–Trinajstić information content (AvgIpc) is 2.65. The van der Waals surface area contributed by atoms with Crippen LogP contribution >= 0.6 is 0 Å². The normalized spacial score (nSPS) is 9.93. The van der Waals surface area contributed by atoms with Gasteiger partial charge in [0.15, 0.2) is 0 Å².